The van der Waals surface area contributed by atoms with Crippen molar-refractivity contribution in [1.82, 2.24) is 4.90 Å². The van der Waals surface area contributed by atoms with Crippen molar-refractivity contribution in [3.05, 3.63) is 58.6 Å². The van der Waals surface area contributed by atoms with E-state index in [0.717, 1.165) is 37.6 Å². The molecule has 2 aromatic rings. The van der Waals surface area contributed by atoms with Crippen molar-refractivity contribution >= 4 is 11.4 Å². The Kier molecular flexibility index (Phi) is 6.67. The highest BCUT2D eigenvalue weighted by molar-refractivity contribution is 5.58. The molecule has 1 fully saturated rings. The highest BCUT2D eigenvalue weighted by Crippen LogP contribution is 2.28. The average molecular weight is 387 g/mol. The molecule has 0 radical (unpaired) electrons. The molecule has 1 aliphatic rings. The number of benzene rings is 2. The molecule has 0 spiro atoms. The summed E-state index contributed by atoms with van der Waals surface area (Å²) in [5.74, 6) is 1.37. The number of aliphatic hydroxyl groups excluding tert-OH is 1. The Morgan fingerprint density at radius 3 is 2.43 bits per heavy atom. The van der Waals surface area contributed by atoms with E-state index in [0.29, 0.717) is 12.3 Å². The van der Waals surface area contributed by atoms with Crippen LogP contribution >= 0.6 is 0 Å². The molecule has 1 aliphatic heterocycles. The molecule has 150 valence electrons. The summed E-state index contributed by atoms with van der Waals surface area (Å²) in [4.78, 5) is 14.7. The van der Waals surface area contributed by atoms with Crippen LogP contribution in [0.1, 0.15) is 0 Å². The number of aliphatic hydroxyl groups is 1. The summed E-state index contributed by atoms with van der Waals surface area (Å²) >= 11 is 0. The fraction of sp³-hybridized carbons (Fsp3) is 0.400. The van der Waals surface area contributed by atoms with Gasteiger partial charge in [0.2, 0.25) is 0 Å². The SMILES string of the molecule is COc1ccccc1N1CCN(CC(O)COc2ccc([N+](=O)[O-])cc2)CC1. The Bertz CT molecular complexity index is 776. The Labute approximate surface area is 164 Å². The number of nitrogens with zero attached hydrogens (tertiary/aromatic N) is 3. The zero-order valence-corrected chi connectivity index (χ0v) is 15.9. The van der Waals surface area contributed by atoms with E-state index in [4.69, 9.17) is 9.47 Å². The van der Waals surface area contributed by atoms with Crippen LogP contribution in [0.15, 0.2) is 48.5 Å². The summed E-state index contributed by atoms with van der Waals surface area (Å²) in [7, 11) is 1.68. The first-order valence-electron chi connectivity index (χ1n) is 9.22. The summed E-state index contributed by atoms with van der Waals surface area (Å²) < 4.78 is 11.0. The van der Waals surface area contributed by atoms with Crippen molar-refractivity contribution < 1.29 is 19.5 Å². The van der Waals surface area contributed by atoms with E-state index < -0.39 is 11.0 Å². The van der Waals surface area contributed by atoms with E-state index in [-0.39, 0.29) is 12.3 Å². The lowest BCUT2D eigenvalue weighted by molar-refractivity contribution is -0.384. The van der Waals surface area contributed by atoms with Gasteiger partial charge in [0.1, 0.15) is 24.2 Å². The third-order valence-corrected chi connectivity index (χ3v) is 4.76. The van der Waals surface area contributed by atoms with Crippen LogP contribution in [0.2, 0.25) is 0 Å². The Morgan fingerprint density at radius 1 is 1.11 bits per heavy atom. The summed E-state index contributed by atoms with van der Waals surface area (Å²) in [5, 5.41) is 20.9. The van der Waals surface area contributed by atoms with Gasteiger partial charge in [-0.15, -0.1) is 0 Å². The molecule has 1 unspecified atom stereocenters. The molecule has 0 aliphatic carbocycles. The van der Waals surface area contributed by atoms with Gasteiger partial charge in [-0.3, -0.25) is 15.0 Å². The number of hydrogen-bond donors (Lipinski definition) is 1. The fourth-order valence-electron chi connectivity index (χ4n) is 3.27. The first kappa shape index (κ1) is 19.9. The third-order valence-electron chi connectivity index (χ3n) is 4.76. The minimum atomic E-state index is -0.631. The molecule has 0 amide bonds. The molecule has 1 N–H and O–H groups in total. The van der Waals surface area contributed by atoms with Crippen molar-refractivity contribution in [2.45, 2.75) is 6.10 Å². The largest absolute Gasteiger partial charge is 0.495 e. The Hall–Kier alpha value is -2.84. The van der Waals surface area contributed by atoms with E-state index in [2.05, 4.69) is 15.9 Å². The Balaban J connectivity index is 1.43. The summed E-state index contributed by atoms with van der Waals surface area (Å²) in [5.41, 5.74) is 1.10. The second-order valence-electron chi connectivity index (χ2n) is 6.68. The minimum absolute atomic E-state index is 0.0146. The molecule has 0 bridgehead atoms. The number of hydrogen-bond acceptors (Lipinski definition) is 7. The van der Waals surface area contributed by atoms with Gasteiger partial charge in [0.05, 0.1) is 17.7 Å². The molecule has 0 saturated carbocycles. The number of nitro benzene ring substituents is 1. The molecule has 1 heterocycles. The third kappa shape index (κ3) is 5.11. The maximum absolute atomic E-state index is 10.7. The molecule has 0 aromatic heterocycles. The topological polar surface area (TPSA) is 88.3 Å². The molecule has 3 rings (SSSR count). The van der Waals surface area contributed by atoms with E-state index in [9.17, 15) is 15.2 Å². The Morgan fingerprint density at radius 2 is 1.79 bits per heavy atom. The number of rotatable bonds is 8. The number of para-hydroxylation sites is 2. The van der Waals surface area contributed by atoms with Gasteiger partial charge in [-0.25, -0.2) is 0 Å². The first-order valence-corrected chi connectivity index (χ1v) is 9.22. The lowest BCUT2D eigenvalue weighted by atomic mass is 10.2. The van der Waals surface area contributed by atoms with E-state index >= 15 is 0 Å². The quantitative estimate of drug-likeness (QED) is 0.548. The standard InChI is InChI=1S/C20H25N3O5/c1-27-20-5-3-2-4-19(20)22-12-10-21(11-13-22)14-17(24)15-28-18-8-6-16(7-9-18)23(25)26/h2-9,17,24H,10-15H2,1H3. The van der Waals surface area contributed by atoms with Crippen molar-refractivity contribution in [2.24, 2.45) is 0 Å². The van der Waals surface area contributed by atoms with Gasteiger partial charge in [-0.2, -0.15) is 0 Å². The smallest absolute Gasteiger partial charge is 0.269 e. The fourth-order valence-corrected chi connectivity index (χ4v) is 3.27. The highest BCUT2D eigenvalue weighted by Gasteiger charge is 2.21. The average Bonchev–Trinajstić information content (AvgIpc) is 2.73. The van der Waals surface area contributed by atoms with Crippen LogP contribution in [0.5, 0.6) is 11.5 Å². The van der Waals surface area contributed by atoms with Gasteiger partial charge in [0.25, 0.3) is 5.69 Å². The molecule has 1 atom stereocenters. The number of piperazine rings is 1. The number of methoxy groups -OCH3 is 1. The second kappa shape index (κ2) is 9.38. The number of anilines is 1. The van der Waals surface area contributed by atoms with E-state index in [1.165, 1.54) is 24.3 Å². The van der Waals surface area contributed by atoms with Crippen LogP contribution in [0.4, 0.5) is 11.4 Å². The monoisotopic (exact) mass is 387 g/mol. The number of nitro groups is 1. The van der Waals surface area contributed by atoms with Crippen LogP contribution in [0.25, 0.3) is 0 Å². The molecule has 8 nitrogen and oxygen atoms in total. The predicted molar refractivity (Wildman–Crippen MR) is 106 cm³/mol. The van der Waals surface area contributed by atoms with Crippen molar-refractivity contribution in [2.75, 3.05) is 51.3 Å². The van der Waals surface area contributed by atoms with Gasteiger partial charge in [-0.05, 0) is 24.3 Å². The van der Waals surface area contributed by atoms with Crippen molar-refractivity contribution in [1.29, 1.82) is 0 Å². The van der Waals surface area contributed by atoms with Crippen LogP contribution in [0, 0.1) is 10.1 Å². The van der Waals surface area contributed by atoms with Gasteiger partial charge >= 0.3 is 0 Å². The summed E-state index contributed by atoms with van der Waals surface area (Å²) in [6.07, 6.45) is -0.631. The molecule has 28 heavy (non-hydrogen) atoms. The van der Waals surface area contributed by atoms with Gasteiger partial charge < -0.3 is 19.5 Å². The van der Waals surface area contributed by atoms with Crippen molar-refractivity contribution in [3.8, 4) is 11.5 Å². The zero-order chi connectivity index (χ0) is 19.9. The van der Waals surface area contributed by atoms with E-state index in [1.54, 1.807) is 7.11 Å². The number of ether oxygens (including phenoxy) is 2. The first-order chi connectivity index (χ1) is 13.6. The summed E-state index contributed by atoms with van der Waals surface area (Å²) in [6.45, 7) is 4.06. The van der Waals surface area contributed by atoms with Crippen molar-refractivity contribution in [3.63, 3.8) is 0 Å². The van der Waals surface area contributed by atoms with Crippen LogP contribution in [0.3, 0.4) is 0 Å². The minimum Gasteiger partial charge on any atom is -0.495 e. The lowest BCUT2D eigenvalue weighted by Crippen LogP contribution is -2.49. The molecular formula is C20H25N3O5. The zero-order valence-electron chi connectivity index (χ0n) is 15.9. The normalized spacial score (nSPS) is 15.9. The number of β-amino-alcohol motifs (C(OH)–C–C–N with tert-alkyl or cyclic N) is 1. The van der Waals surface area contributed by atoms with Gasteiger partial charge in [0.15, 0.2) is 0 Å². The number of non-ortho nitro benzene ring substituents is 1. The summed E-state index contributed by atoms with van der Waals surface area (Å²) in [6, 6.07) is 13.8. The predicted octanol–water partition coefficient (Wildman–Crippen LogP) is 2.17. The molecule has 1 saturated heterocycles. The highest BCUT2D eigenvalue weighted by atomic mass is 16.6. The molecule has 2 aromatic carbocycles. The maximum atomic E-state index is 10.7. The lowest BCUT2D eigenvalue weighted by Gasteiger charge is -2.37. The van der Waals surface area contributed by atoms with E-state index in [1.807, 2.05) is 18.2 Å². The van der Waals surface area contributed by atoms with Gasteiger partial charge in [0, 0.05) is 44.9 Å². The molecular weight excluding hydrogens is 362 g/mol. The van der Waals surface area contributed by atoms with Crippen LogP contribution < -0.4 is 14.4 Å². The van der Waals surface area contributed by atoms with Crippen LogP contribution in [-0.2, 0) is 0 Å². The van der Waals surface area contributed by atoms with Gasteiger partial charge in [-0.1, -0.05) is 12.1 Å². The molecule has 8 heteroatoms. The second-order valence-corrected chi connectivity index (χ2v) is 6.68. The maximum Gasteiger partial charge on any atom is 0.269 e. The van der Waals surface area contributed by atoms with Crippen LogP contribution in [-0.4, -0.2) is 67.5 Å².